The predicted molar refractivity (Wildman–Crippen MR) is 92.6 cm³/mol. The van der Waals surface area contributed by atoms with Gasteiger partial charge in [-0.3, -0.25) is 4.79 Å². The summed E-state index contributed by atoms with van der Waals surface area (Å²) >= 11 is 2.82. The molecule has 8 heteroatoms. The number of benzene rings is 1. The van der Waals surface area contributed by atoms with Crippen LogP contribution in [0.4, 0.5) is 5.13 Å². The first kappa shape index (κ1) is 15.7. The number of amides is 1. The van der Waals surface area contributed by atoms with Gasteiger partial charge in [0.25, 0.3) is 0 Å². The molecule has 0 atom stereocenters. The lowest BCUT2D eigenvalue weighted by atomic mass is 10.1. The van der Waals surface area contributed by atoms with Crippen LogP contribution in [0.1, 0.15) is 4.88 Å². The van der Waals surface area contributed by atoms with Crippen molar-refractivity contribution in [2.75, 3.05) is 11.1 Å². The van der Waals surface area contributed by atoms with Gasteiger partial charge in [-0.1, -0.05) is 42.1 Å². The van der Waals surface area contributed by atoms with Crippen molar-refractivity contribution in [3.63, 3.8) is 0 Å². The Labute approximate surface area is 142 Å². The van der Waals surface area contributed by atoms with Crippen LogP contribution < -0.4 is 5.32 Å². The van der Waals surface area contributed by atoms with Gasteiger partial charge in [0.2, 0.25) is 5.91 Å². The third-order valence-corrected chi connectivity index (χ3v) is 5.01. The maximum Gasteiger partial charge on any atom is 0.236 e. The van der Waals surface area contributed by atoms with Crippen molar-refractivity contribution < 1.29 is 4.79 Å². The lowest BCUT2D eigenvalue weighted by molar-refractivity contribution is -0.113. The van der Waals surface area contributed by atoms with Gasteiger partial charge >= 0.3 is 0 Å². The van der Waals surface area contributed by atoms with Crippen molar-refractivity contribution in [3.05, 3.63) is 41.5 Å². The van der Waals surface area contributed by atoms with Crippen LogP contribution in [0.3, 0.4) is 0 Å². The monoisotopic (exact) mass is 345 g/mol. The minimum Gasteiger partial charge on any atom is -0.312 e. The maximum absolute atomic E-state index is 12.1. The van der Waals surface area contributed by atoms with Gasteiger partial charge in [-0.2, -0.15) is 0 Å². The number of hydrogen-bond acceptors (Lipinski definition) is 6. The van der Waals surface area contributed by atoms with Gasteiger partial charge in [-0.15, -0.1) is 21.5 Å². The van der Waals surface area contributed by atoms with Crippen LogP contribution in [0.15, 0.2) is 41.8 Å². The molecule has 6 nitrogen and oxygen atoms in total. The van der Waals surface area contributed by atoms with Gasteiger partial charge in [-0.05, 0) is 6.92 Å². The second kappa shape index (κ2) is 6.93. The zero-order chi connectivity index (χ0) is 16.2. The summed E-state index contributed by atoms with van der Waals surface area (Å²) in [4.78, 5) is 17.7. The van der Waals surface area contributed by atoms with Crippen molar-refractivity contribution in [3.8, 4) is 11.3 Å². The SMILES string of the molecule is Cc1sc(NC(=O)CSc2nncn2C)nc1-c1ccccc1. The van der Waals surface area contributed by atoms with Crippen LogP contribution in [0.5, 0.6) is 0 Å². The number of nitrogens with one attached hydrogen (secondary N) is 1. The van der Waals surface area contributed by atoms with Gasteiger partial charge < -0.3 is 9.88 Å². The Kier molecular flexibility index (Phi) is 4.73. The molecule has 0 spiro atoms. The van der Waals surface area contributed by atoms with Crippen molar-refractivity contribution in [2.45, 2.75) is 12.1 Å². The number of anilines is 1. The highest BCUT2D eigenvalue weighted by Gasteiger charge is 2.13. The summed E-state index contributed by atoms with van der Waals surface area (Å²) in [5, 5.41) is 11.9. The normalized spacial score (nSPS) is 10.7. The van der Waals surface area contributed by atoms with Gasteiger partial charge in [0, 0.05) is 17.5 Å². The molecule has 3 aromatic rings. The van der Waals surface area contributed by atoms with Crippen molar-refractivity contribution in [1.29, 1.82) is 0 Å². The fourth-order valence-electron chi connectivity index (χ4n) is 2.00. The predicted octanol–water partition coefficient (Wildman–Crippen LogP) is 2.98. The molecule has 0 aliphatic heterocycles. The number of aryl methyl sites for hydroxylation is 2. The van der Waals surface area contributed by atoms with Crippen molar-refractivity contribution in [2.24, 2.45) is 7.05 Å². The number of nitrogens with zero attached hydrogens (tertiary/aromatic N) is 4. The lowest BCUT2D eigenvalue weighted by Gasteiger charge is -2.01. The zero-order valence-corrected chi connectivity index (χ0v) is 14.3. The summed E-state index contributed by atoms with van der Waals surface area (Å²) in [5.74, 6) is 0.164. The first-order chi connectivity index (χ1) is 11.1. The van der Waals surface area contributed by atoms with Crippen LogP contribution in [-0.2, 0) is 11.8 Å². The zero-order valence-electron chi connectivity index (χ0n) is 12.7. The first-order valence-corrected chi connectivity index (χ1v) is 8.73. The van der Waals surface area contributed by atoms with Gasteiger partial charge in [-0.25, -0.2) is 4.98 Å². The molecular formula is C15H15N5OS2. The van der Waals surface area contributed by atoms with E-state index < -0.39 is 0 Å². The Bertz CT molecular complexity index is 812. The average molecular weight is 345 g/mol. The highest BCUT2D eigenvalue weighted by atomic mass is 32.2. The number of hydrogen-bond donors (Lipinski definition) is 1. The molecule has 1 N–H and O–H groups in total. The quantitative estimate of drug-likeness (QED) is 0.720. The van der Waals surface area contributed by atoms with E-state index in [1.54, 1.807) is 10.9 Å². The average Bonchev–Trinajstić information content (AvgIpc) is 3.12. The molecule has 2 aromatic heterocycles. The number of carbonyl (C=O) groups excluding carboxylic acids is 1. The third kappa shape index (κ3) is 3.77. The van der Waals surface area contributed by atoms with E-state index in [9.17, 15) is 4.79 Å². The van der Waals surface area contributed by atoms with E-state index in [1.807, 2.05) is 44.3 Å². The Morgan fingerprint density at radius 3 is 2.83 bits per heavy atom. The van der Waals surface area contributed by atoms with Crippen LogP contribution in [0.25, 0.3) is 11.3 Å². The van der Waals surface area contributed by atoms with Crippen molar-refractivity contribution in [1.82, 2.24) is 19.7 Å². The second-order valence-electron chi connectivity index (χ2n) is 4.85. The second-order valence-corrected chi connectivity index (χ2v) is 7.00. The minimum absolute atomic E-state index is 0.105. The molecular weight excluding hydrogens is 330 g/mol. The summed E-state index contributed by atoms with van der Waals surface area (Å²) in [6.45, 7) is 2.00. The summed E-state index contributed by atoms with van der Waals surface area (Å²) in [5.41, 5.74) is 1.96. The van der Waals surface area contributed by atoms with Gasteiger partial charge in [0.05, 0.1) is 11.4 Å². The molecule has 0 bridgehead atoms. The fourth-order valence-corrected chi connectivity index (χ4v) is 3.54. The Morgan fingerprint density at radius 1 is 1.35 bits per heavy atom. The van der Waals surface area contributed by atoms with E-state index in [4.69, 9.17) is 0 Å². The molecule has 1 amide bonds. The summed E-state index contributed by atoms with van der Waals surface area (Å²) in [7, 11) is 1.84. The molecule has 0 aliphatic rings. The number of carbonyl (C=O) groups is 1. The van der Waals surface area contributed by atoms with E-state index in [1.165, 1.54) is 23.1 Å². The van der Waals surface area contributed by atoms with Crippen molar-refractivity contribution >= 4 is 34.1 Å². The molecule has 23 heavy (non-hydrogen) atoms. The Morgan fingerprint density at radius 2 is 2.13 bits per heavy atom. The van der Waals surface area contributed by atoms with E-state index >= 15 is 0 Å². The van der Waals surface area contributed by atoms with Crippen LogP contribution >= 0.6 is 23.1 Å². The molecule has 0 aliphatic carbocycles. The topological polar surface area (TPSA) is 72.7 Å². The summed E-state index contributed by atoms with van der Waals surface area (Å²) in [6, 6.07) is 9.95. The highest BCUT2D eigenvalue weighted by molar-refractivity contribution is 7.99. The van der Waals surface area contributed by atoms with Crippen LogP contribution in [-0.4, -0.2) is 31.4 Å². The van der Waals surface area contributed by atoms with Crippen LogP contribution in [0, 0.1) is 6.92 Å². The molecule has 0 radical (unpaired) electrons. The largest absolute Gasteiger partial charge is 0.312 e. The summed E-state index contributed by atoms with van der Waals surface area (Å²) in [6.07, 6.45) is 1.61. The fraction of sp³-hybridized carbons (Fsp3) is 0.200. The number of thiazole rings is 1. The smallest absolute Gasteiger partial charge is 0.236 e. The van der Waals surface area contributed by atoms with E-state index in [2.05, 4.69) is 20.5 Å². The molecule has 118 valence electrons. The molecule has 0 fully saturated rings. The maximum atomic E-state index is 12.1. The lowest BCUT2D eigenvalue weighted by Crippen LogP contribution is -2.14. The number of rotatable bonds is 5. The van der Waals surface area contributed by atoms with E-state index in [-0.39, 0.29) is 11.7 Å². The molecule has 0 saturated heterocycles. The van der Waals surface area contributed by atoms with Gasteiger partial charge in [0.15, 0.2) is 10.3 Å². The number of thioether (sulfide) groups is 1. The van der Waals surface area contributed by atoms with E-state index in [0.29, 0.717) is 10.3 Å². The van der Waals surface area contributed by atoms with Crippen LogP contribution in [0.2, 0.25) is 0 Å². The molecule has 3 rings (SSSR count). The standard InChI is InChI=1S/C15H15N5OS2/c1-10-13(11-6-4-3-5-7-11)18-14(23-10)17-12(21)8-22-15-19-16-9-20(15)2/h3-7,9H,8H2,1-2H3,(H,17,18,21). The molecule has 2 heterocycles. The van der Waals surface area contributed by atoms with Gasteiger partial charge in [0.1, 0.15) is 6.33 Å². The Hall–Kier alpha value is -2.19. The number of aromatic nitrogens is 4. The molecule has 1 aromatic carbocycles. The highest BCUT2D eigenvalue weighted by Crippen LogP contribution is 2.30. The minimum atomic E-state index is -0.105. The van der Waals surface area contributed by atoms with E-state index in [0.717, 1.165) is 16.1 Å². The third-order valence-electron chi connectivity index (χ3n) is 3.09. The molecule has 0 unspecified atom stereocenters. The molecule has 0 saturated carbocycles. The Balaban J connectivity index is 1.64. The summed E-state index contributed by atoms with van der Waals surface area (Å²) < 4.78 is 1.78. The first-order valence-electron chi connectivity index (χ1n) is 6.93.